The Balaban J connectivity index is 2.28. The van der Waals surface area contributed by atoms with Gasteiger partial charge in [-0.3, -0.25) is 0 Å². The first kappa shape index (κ1) is 10.3. The summed E-state index contributed by atoms with van der Waals surface area (Å²) in [6, 6.07) is 5.64. The number of halogens is 2. The van der Waals surface area contributed by atoms with E-state index in [1.165, 1.54) is 6.42 Å². The molecule has 0 radical (unpaired) electrons. The van der Waals surface area contributed by atoms with Crippen LogP contribution in [0.5, 0.6) is 0 Å². The average molecular weight is 253 g/mol. The van der Waals surface area contributed by atoms with Crippen molar-refractivity contribution in [3.63, 3.8) is 0 Å². The molecule has 1 heterocycles. The minimum atomic E-state index is 0.323. The maximum atomic E-state index is 6.00. The van der Waals surface area contributed by atoms with Crippen molar-refractivity contribution in [1.29, 1.82) is 0 Å². The van der Waals surface area contributed by atoms with E-state index in [2.05, 4.69) is 16.9 Å². The first-order valence-electron chi connectivity index (χ1n) is 5.28. The van der Waals surface area contributed by atoms with E-state index in [1.54, 1.807) is 0 Å². The topological polar surface area (TPSA) is 25.8 Å². The Kier molecular flexibility index (Phi) is 2.30. The first-order valence-corrected chi connectivity index (χ1v) is 6.03. The van der Waals surface area contributed by atoms with E-state index in [0.29, 0.717) is 22.1 Å². The van der Waals surface area contributed by atoms with Crippen LogP contribution in [0, 0.1) is 5.92 Å². The zero-order chi connectivity index (χ0) is 11.3. The van der Waals surface area contributed by atoms with Gasteiger partial charge in [0.15, 0.2) is 0 Å². The largest absolute Gasteiger partial charge is 0.223 e. The van der Waals surface area contributed by atoms with E-state index >= 15 is 0 Å². The Morgan fingerprint density at radius 2 is 2.00 bits per heavy atom. The molecule has 1 aliphatic carbocycles. The van der Waals surface area contributed by atoms with Crippen molar-refractivity contribution in [3.8, 4) is 0 Å². The molecule has 2 aromatic rings. The fraction of sp³-hybridized carbons (Fsp3) is 0.333. The van der Waals surface area contributed by atoms with E-state index in [1.807, 2.05) is 18.2 Å². The maximum Gasteiger partial charge on any atom is 0.223 e. The van der Waals surface area contributed by atoms with Crippen LogP contribution in [0.15, 0.2) is 18.2 Å². The number of hydrogen-bond donors (Lipinski definition) is 0. The molecule has 0 N–H and O–H groups in total. The highest BCUT2D eigenvalue weighted by atomic mass is 35.5. The van der Waals surface area contributed by atoms with Crippen LogP contribution in [0.25, 0.3) is 10.9 Å². The summed E-state index contributed by atoms with van der Waals surface area (Å²) in [6.45, 7) is 2.22. The van der Waals surface area contributed by atoms with Crippen LogP contribution in [-0.2, 0) is 0 Å². The normalized spacial score (nSPS) is 23.7. The fourth-order valence-corrected chi connectivity index (χ4v) is 2.43. The molecule has 0 spiro atoms. The van der Waals surface area contributed by atoms with Gasteiger partial charge in [0.1, 0.15) is 0 Å². The van der Waals surface area contributed by atoms with Crippen molar-refractivity contribution in [3.05, 3.63) is 34.2 Å². The average Bonchev–Trinajstić information content (AvgIpc) is 2.95. The fourth-order valence-electron chi connectivity index (χ4n) is 2.08. The summed E-state index contributed by atoms with van der Waals surface area (Å²) in [6.07, 6.45) is 1.18. The van der Waals surface area contributed by atoms with Gasteiger partial charge in [-0.1, -0.05) is 18.5 Å². The summed E-state index contributed by atoms with van der Waals surface area (Å²) in [5.41, 5.74) is 1.92. The third-order valence-corrected chi connectivity index (χ3v) is 3.52. The predicted molar refractivity (Wildman–Crippen MR) is 66.1 cm³/mol. The van der Waals surface area contributed by atoms with Gasteiger partial charge in [0, 0.05) is 16.3 Å². The predicted octanol–water partition coefficient (Wildman–Crippen LogP) is 4.06. The zero-order valence-electron chi connectivity index (χ0n) is 8.74. The van der Waals surface area contributed by atoms with Crippen LogP contribution in [0.4, 0.5) is 0 Å². The highest BCUT2D eigenvalue weighted by molar-refractivity contribution is 6.31. The number of nitrogens with zero attached hydrogens (tertiary/aromatic N) is 2. The summed E-state index contributed by atoms with van der Waals surface area (Å²) in [4.78, 5) is 8.56. The second kappa shape index (κ2) is 3.57. The number of hydrogen-bond acceptors (Lipinski definition) is 2. The zero-order valence-corrected chi connectivity index (χ0v) is 10.3. The van der Waals surface area contributed by atoms with Crippen LogP contribution in [0.2, 0.25) is 10.3 Å². The lowest BCUT2D eigenvalue weighted by Gasteiger charge is -2.05. The molecule has 1 aromatic carbocycles. The van der Waals surface area contributed by atoms with Crippen molar-refractivity contribution in [2.24, 2.45) is 5.92 Å². The van der Waals surface area contributed by atoms with Crippen LogP contribution in [0.3, 0.4) is 0 Å². The number of aromatic nitrogens is 2. The van der Waals surface area contributed by atoms with Gasteiger partial charge in [0.05, 0.1) is 11.2 Å². The lowest BCUT2D eigenvalue weighted by molar-refractivity contribution is 0.888. The minimum absolute atomic E-state index is 0.323. The van der Waals surface area contributed by atoms with Crippen LogP contribution >= 0.6 is 23.2 Å². The summed E-state index contributed by atoms with van der Waals surface area (Å²) >= 11 is 11.9. The van der Waals surface area contributed by atoms with Gasteiger partial charge in [-0.25, -0.2) is 9.97 Å². The molecule has 16 heavy (non-hydrogen) atoms. The monoisotopic (exact) mass is 252 g/mol. The second-order valence-corrected chi connectivity index (χ2v) is 5.13. The maximum absolute atomic E-state index is 6.00. The third kappa shape index (κ3) is 1.66. The van der Waals surface area contributed by atoms with Gasteiger partial charge in [0.25, 0.3) is 0 Å². The Bertz CT molecular complexity index is 568. The molecule has 82 valence electrons. The van der Waals surface area contributed by atoms with E-state index in [0.717, 1.165) is 16.6 Å². The van der Waals surface area contributed by atoms with E-state index in [9.17, 15) is 0 Å². The quantitative estimate of drug-likeness (QED) is 0.716. The van der Waals surface area contributed by atoms with Crippen molar-refractivity contribution in [2.45, 2.75) is 19.3 Å². The van der Waals surface area contributed by atoms with E-state index in [-0.39, 0.29) is 0 Å². The van der Waals surface area contributed by atoms with Gasteiger partial charge in [-0.2, -0.15) is 0 Å². The Morgan fingerprint density at radius 3 is 2.69 bits per heavy atom. The molecule has 2 atom stereocenters. The molecule has 0 bridgehead atoms. The molecular formula is C12H10Cl2N2. The molecule has 2 nitrogen and oxygen atoms in total. The van der Waals surface area contributed by atoms with Gasteiger partial charge in [-0.15, -0.1) is 0 Å². The third-order valence-electron chi connectivity index (χ3n) is 3.12. The van der Waals surface area contributed by atoms with Crippen LogP contribution in [0.1, 0.15) is 25.0 Å². The van der Waals surface area contributed by atoms with Crippen LogP contribution < -0.4 is 0 Å². The van der Waals surface area contributed by atoms with Gasteiger partial charge in [-0.05, 0) is 42.1 Å². The van der Waals surface area contributed by atoms with Gasteiger partial charge >= 0.3 is 0 Å². The molecular weight excluding hydrogens is 243 g/mol. The first-order chi connectivity index (χ1) is 7.65. The van der Waals surface area contributed by atoms with Crippen molar-refractivity contribution in [1.82, 2.24) is 9.97 Å². The molecule has 0 aliphatic heterocycles. The smallest absolute Gasteiger partial charge is 0.222 e. The number of rotatable bonds is 1. The second-order valence-electron chi connectivity index (χ2n) is 4.36. The minimum Gasteiger partial charge on any atom is -0.222 e. The van der Waals surface area contributed by atoms with E-state index in [4.69, 9.17) is 23.2 Å². The van der Waals surface area contributed by atoms with Gasteiger partial charge in [0.2, 0.25) is 5.28 Å². The lowest BCUT2D eigenvalue weighted by atomic mass is 10.1. The van der Waals surface area contributed by atoms with Crippen molar-refractivity contribution in [2.75, 3.05) is 0 Å². The Morgan fingerprint density at radius 1 is 1.25 bits per heavy atom. The highest BCUT2D eigenvalue weighted by Crippen LogP contribution is 2.48. The van der Waals surface area contributed by atoms with E-state index < -0.39 is 0 Å². The highest BCUT2D eigenvalue weighted by Gasteiger charge is 2.36. The lowest BCUT2D eigenvalue weighted by Crippen LogP contribution is -1.94. The van der Waals surface area contributed by atoms with Gasteiger partial charge < -0.3 is 0 Å². The standard InChI is InChI=1S/C12H10Cl2N2/c1-6-4-8(6)11-9-5-7(13)2-3-10(9)15-12(14)16-11/h2-3,5-6,8H,4H2,1H3. The van der Waals surface area contributed by atoms with Crippen molar-refractivity contribution >= 4 is 34.1 Å². The molecule has 1 saturated carbocycles. The molecule has 1 aromatic heterocycles. The summed E-state index contributed by atoms with van der Waals surface area (Å²) in [5.74, 6) is 1.20. The summed E-state index contributed by atoms with van der Waals surface area (Å²) in [7, 11) is 0. The molecule has 0 saturated heterocycles. The van der Waals surface area contributed by atoms with Crippen molar-refractivity contribution < 1.29 is 0 Å². The summed E-state index contributed by atoms with van der Waals surface area (Å²) in [5, 5.41) is 2.07. The molecule has 3 rings (SSSR count). The Hall–Kier alpha value is -0.860. The number of fused-ring (bicyclic) bond motifs is 1. The number of benzene rings is 1. The molecule has 1 aliphatic rings. The summed E-state index contributed by atoms with van der Waals surface area (Å²) < 4.78 is 0. The molecule has 2 unspecified atom stereocenters. The molecule has 0 amide bonds. The molecule has 1 fully saturated rings. The molecule has 4 heteroatoms. The Labute approximate surface area is 104 Å². The SMILES string of the molecule is CC1CC1c1nc(Cl)nc2ccc(Cl)cc12. The van der Waals surface area contributed by atoms with Crippen LogP contribution in [-0.4, -0.2) is 9.97 Å².